The van der Waals surface area contributed by atoms with Crippen molar-refractivity contribution in [2.24, 2.45) is 0 Å². The molecular formula is C41H70O6. The number of hydrogen-bond acceptors (Lipinski definition) is 6. The molecule has 0 saturated carbocycles. The Balaban J connectivity index is 4.31. The van der Waals surface area contributed by atoms with Gasteiger partial charge in [0.05, 0.1) is 0 Å². The van der Waals surface area contributed by atoms with Crippen LogP contribution in [0.4, 0.5) is 0 Å². The van der Waals surface area contributed by atoms with Gasteiger partial charge in [0.1, 0.15) is 13.2 Å². The van der Waals surface area contributed by atoms with Crippen molar-refractivity contribution in [3.05, 3.63) is 48.6 Å². The summed E-state index contributed by atoms with van der Waals surface area (Å²) in [5, 5.41) is 0. The van der Waals surface area contributed by atoms with Crippen LogP contribution in [0.3, 0.4) is 0 Å². The van der Waals surface area contributed by atoms with E-state index in [4.69, 9.17) is 14.2 Å². The predicted octanol–water partition coefficient (Wildman–Crippen LogP) is 11.6. The molecule has 0 aromatic heterocycles. The zero-order valence-electron chi connectivity index (χ0n) is 30.5. The lowest BCUT2D eigenvalue weighted by atomic mass is 10.0. The summed E-state index contributed by atoms with van der Waals surface area (Å²) in [5.41, 5.74) is 0. The molecule has 0 aromatic carbocycles. The third-order valence-corrected chi connectivity index (χ3v) is 7.83. The average molecular weight is 659 g/mol. The largest absolute Gasteiger partial charge is 0.462 e. The van der Waals surface area contributed by atoms with Crippen molar-refractivity contribution in [2.45, 2.75) is 181 Å². The standard InChI is InChI=1S/C41H70O6/c1-4-7-10-13-15-17-19-20-21-22-24-26-29-31-34-40(43)46-37-38(47-41(44)35-32-27-12-9-6-3)36-45-39(42)33-30-28-25-23-18-16-14-11-8-5-2/h8,11-12,16,18,25,27-28,38H,4-7,9-10,13-15,17,19-24,26,29-37H2,1-3H3/b11-8-,18-16-,27-12?,28-25?. The lowest BCUT2D eigenvalue weighted by Gasteiger charge is -2.18. The number of allylic oxidation sites excluding steroid dienone is 8. The van der Waals surface area contributed by atoms with Gasteiger partial charge >= 0.3 is 17.9 Å². The average Bonchev–Trinajstić information content (AvgIpc) is 3.06. The number of unbranched alkanes of at least 4 members (excludes halogenated alkanes) is 14. The molecule has 0 N–H and O–H groups in total. The zero-order valence-corrected chi connectivity index (χ0v) is 30.5. The summed E-state index contributed by atoms with van der Waals surface area (Å²) in [4.78, 5) is 37.1. The third-order valence-electron chi connectivity index (χ3n) is 7.83. The van der Waals surface area contributed by atoms with Crippen molar-refractivity contribution in [1.82, 2.24) is 0 Å². The molecule has 0 heterocycles. The van der Waals surface area contributed by atoms with E-state index >= 15 is 0 Å². The molecule has 0 rings (SSSR count). The molecule has 270 valence electrons. The van der Waals surface area contributed by atoms with Crippen LogP contribution in [0.15, 0.2) is 48.6 Å². The quantitative estimate of drug-likeness (QED) is 0.0302. The van der Waals surface area contributed by atoms with E-state index in [1.807, 2.05) is 18.2 Å². The first-order chi connectivity index (χ1) is 23.0. The second-order valence-corrected chi connectivity index (χ2v) is 12.5. The third kappa shape index (κ3) is 34.5. The van der Waals surface area contributed by atoms with Crippen molar-refractivity contribution in [3.63, 3.8) is 0 Å². The molecule has 0 amide bonds. The fraction of sp³-hybridized carbons (Fsp3) is 0.732. The molecule has 47 heavy (non-hydrogen) atoms. The molecule has 1 atom stereocenters. The van der Waals surface area contributed by atoms with Gasteiger partial charge in [-0.25, -0.2) is 0 Å². The second kappa shape index (κ2) is 36.2. The summed E-state index contributed by atoms with van der Waals surface area (Å²) in [6.45, 7) is 6.25. The highest BCUT2D eigenvalue weighted by Crippen LogP contribution is 2.14. The molecule has 0 fully saturated rings. The second-order valence-electron chi connectivity index (χ2n) is 12.5. The Morgan fingerprint density at radius 3 is 1.40 bits per heavy atom. The topological polar surface area (TPSA) is 78.9 Å². The fourth-order valence-electron chi connectivity index (χ4n) is 4.97. The first kappa shape index (κ1) is 44.4. The van der Waals surface area contributed by atoms with E-state index in [1.165, 1.54) is 70.6 Å². The van der Waals surface area contributed by atoms with Crippen LogP contribution >= 0.6 is 0 Å². The van der Waals surface area contributed by atoms with Crippen LogP contribution in [0.2, 0.25) is 0 Å². The minimum atomic E-state index is -0.811. The molecule has 0 bridgehead atoms. The van der Waals surface area contributed by atoms with Crippen LogP contribution in [-0.4, -0.2) is 37.2 Å². The van der Waals surface area contributed by atoms with Gasteiger partial charge in [0.15, 0.2) is 6.10 Å². The van der Waals surface area contributed by atoms with E-state index in [2.05, 4.69) is 51.2 Å². The Morgan fingerprint density at radius 2 is 0.872 bits per heavy atom. The van der Waals surface area contributed by atoms with Gasteiger partial charge in [-0.05, 0) is 44.9 Å². The van der Waals surface area contributed by atoms with Crippen molar-refractivity contribution >= 4 is 17.9 Å². The number of rotatable bonds is 33. The molecule has 6 nitrogen and oxygen atoms in total. The van der Waals surface area contributed by atoms with Crippen LogP contribution in [0.1, 0.15) is 175 Å². The van der Waals surface area contributed by atoms with E-state index < -0.39 is 12.1 Å². The molecular weight excluding hydrogens is 588 g/mol. The summed E-state index contributed by atoms with van der Waals surface area (Å²) in [7, 11) is 0. The van der Waals surface area contributed by atoms with Gasteiger partial charge in [0.2, 0.25) is 0 Å². The molecule has 0 radical (unpaired) electrons. The number of carbonyl (C=O) groups excluding carboxylic acids is 3. The number of ether oxygens (including phenoxy) is 3. The lowest BCUT2D eigenvalue weighted by molar-refractivity contribution is -0.166. The van der Waals surface area contributed by atoms with Crippen molar-refractivity contribution in [3.8, 4) is 0 Å². The normalized spacial score (nSPS) is 12.5. The molecule has 0 spiro atoms. The first-order valence-corrected chi connectivity index (χ1v) is 19.1. The Kier molecular flexibility index (Phi) is 34.2. The highest BCUT2D eigenvalue weighted by atomic mass is 16.6. The maximum atomic E-state index is 12.4. The molecule has 0 aliphatic heterocycles. The van der Waals surface area contributed by atoms with E-state index in [1.54, 1.807) is 0 Å². The van der Waals surface area contributed by atoms with E-state index in [9.17, 15) is 14.4 Å². The van der Waals surface area contributed by atoms with Gasteiger partial charge in [-0.3, -0.25) is 14.4 Å². The van der Waals surface area contributed by atoms with Gasteiger partial charge < -0.3 is 14.2 Å². The Bertz CT molecular complexity index is 856. The van der Waals surface area contributed by atoms with Crippen LogP contribution in [-0.2, 0) is 28.6 Å². The zero-order chi connectivity index (χ0) is 34.5. The maximum Gasteiger partial charge on any atom is 0.306 e. The summed E-state index contributed by atoms with van der Waals surface area (Å²) < 4.78 is 16.4. The molecule has 0 aliphatic carbocycles. The monoisotopic (exact) mass is 659 g/mol. The van der Waals surface area contributed by atoms with Crippen LogP contribution in [0.25, 0.3) is 0 Å². The lowest BCUT2D eigenvalue weighted by Crippen LogP contribution is -2.30. The van der Waals surface area contributed by atoms with E-state index in [0.717, 1.165) is 51.4 Å². The first-order valence-electron chi connectivity index (χ1n) is 19.1. The Labute approximate surface area is 288 Å². The van der Waals surface area contributed by atoms with Gasteiger partial charge in [-0.15, -0.1) is 0 Å². The molecule has 0 aromatic rings. The molecule has 0 aliphatic rings. The molecule has 1 unspecified atom stereocenters. The molecule has 0 saturated heterocycles. The fourth-order valence-corrected chi connectivity index (χ4v) is 4.97. The Morgan fingerprint density at radius 1 is 0.447 bits per heavy atom. The van der Waals surface area contributed by atoms with Crippen molar-refractivity contribution < 1.29 is 28.6 Å². The van der Waals surface area contributed by atoms with E-state index in [-0.39, 0.29) is 38.0 Å². The highest BCUT2D eigenvalue weighted by molar-refractivity contribution is 5.71. The maximum absolute atomic E-state index is 12.4. The minimum absolute atomic E-state index is 0.109. The molecule has 6 heteroatoms. The summed E-state index contributed by atoms with van der Waals surface area (Å²) in [6.07, 6.45) is 40.2. The summed E-state index contributed by atoms with van der Waals surface area (Å²) in [6, 6.07) is 0. The van der Waals surface area contributed by atoms with Crippen molar-refractivity contribution in [2.75, 3.05) is 13.2 Å². The van der Waals surface area contributed by atoms with Crippen LogP contribution < -0.4 is 0 Å². The predicted molar refractivity (Wildman–Crippen MR) is 196 cm³/mol. The van der Waals surface area contributed by atoms with Gasteiger partial charge in [-0.2, -0.15) is 0 Å². The smallest absolute Gasteiger partial charge is 0.306 e. The van der Waals surface area contributed by atoms with Gasteiger partial charge in [0, 0.05) is 19.3 Å². The van der Waals surface area contributed by atoms with Crippen LogP contribution in [0.5, 0.6) is 0 Å². The number of hydrogen-bond donors (Lipinski definition) is 0. The number of carbonyl (C=O) groups is 3. The van der Waals surface area contributed by atoms with Gasteiger partial charge in [-0.1, -0.05) is 159 Å². The summed E-state index contributed by atoms with van der Waals surface area (Å²) >= 11 is 0. The summed E-state index contributed by atoms with van der Waals surface area (Å²) in [5.74, 6) is -1.07. The Hall–Kier alpha value is -2.63. The SMILES string of the molecule is CC/C=C\C/C=C\CC=CCCC(=O)OCC(COC(=O)CCCCCCCCCCCCCCCC)OC(=O)CCC=CCCC. The highest BCUT2D eigenvalue weighted by Gasteiger charge is 2.19. The number of esters is 3. The van der Waals surface area contributed by atoms with Crippen LogP contribution in [0, 0.1) is 0 Å². The van der Waals surface area contributed by atoms with Crippen molar-refractivity contribution in [1.29, 1.82) is 0 Å². The minimum Gasteiger partial charge on any atom is -0.462 e. The van der Waals surface area contributed by atoms with Gasteiger partial charge in [0.25, 0.3) is 0 Å². The van der Waals surface area contributed by atoms with E-state index in [0.29, 0.717) is 19.3 Å².